The fourth-order valence-corrected chi connectivity index (χ4v) is 2.55. The Hall–Kier alpha value is -1.18. The predicted octanol–water partition coefficient (Wildman–Crippen LogP) is 5.19. The predicted molar refractivity (Wildman–Crippen MR) is 113 cm³/mol. The summed E-state index contributed by atoms with van der Waals surface area (Å²) in [4.78, 5) is 8.09. The minimum absolute atomic E-state index is 0.226. The molecule has 0 aromatic carbocycles. The number of aromatic hydroxyl groups is 1. The van der Waals surface area contributed by atoms with Crippen molar-refractivity contribution >= 4 is 31.9 Å². The third kappa shape index (κ3) is 9.04. The molecule has 2 N–H and O–H groups in total. The first-order valence-corrected chi connectivity index (χ1v) is 10.6. The van der Waals surface area contributed by atoms with Crippen LogP contribution < -0.4 is 4.74 Å². The number of rotatable bonds is 4. The van der Waals surface area contributed by atoms with Crippen molar-refractivity contribution in [1.29, 1.82) is 0 Å². The Morgan fingerprint density at radius 3 is 1.96 bits per heavy atom. The molecule has 148 valence electrons. The smallest absolute Gasteiger partial charge is 0.141 e. The molecule has 2 aromatic rings. The molecule has 4 rings (SSSR count). The van der Waals surface area contributed by atoms with Crippen molar-refractivity contribution in [3.05, 3.63) is 44.9 Å². The second-order valence-corrected chi connectivity index (χ2v) is 8.71. The van der Waals surface area contributed by atoms with Gasteiger partial charge in [0.15, 0.2) is 0 Å². The summed E-state index contributed by atoms with van der Waals surface area (Å²) in [5.41, 5.74) is 1.61. The minimum atomic E-state index is 0.226. The molecule has 27 heavy (non-hydrogen) atoms. The normalized spacial score (nSPS) is 15.1. The average Bonchev–Trinajstić information content (AvgIpc) is 3.54. The molecule has 0 saturated heterocycles. The highest BCUT2D eigenvalue weighted by molar-refractivity contribution is 9.10. The summed E-state index contributed by atoms with van der Waals surface area (Å²) in [5, 5.41) is 17.2. The van der Waals surface area contributed by atoms with E-state index in [2.05, 4.69) is 41.8 Å². The van der Waals surface area contributed by atoms with Crippen molar-refractivity contribution in [1.82, 2.24) is 9.97 Å². The van der Waals surface area contributed by atoms with E-state index in [1.807, 2.05) is 13.0 Å². The summed E-state index contributed by atoms with van der Waals surface area (Å²) in [6, 6.07) is 3.59. The summed E-state index contributed by atoms with van der Waals surface area (Å²) in [5.74, 6) is 2.61. The van der Waals surface area contributed by atoms with E-state index in [-0.39, 0.29) is 5.75 Å². The number of pyridine rings is 2. The number of aliphatic hydroxyl groups excluding tert-OH is 1. The Kier molecular flexibility index (Phi) is 8.99. The van der Waals surface area contributed by atoms with E-state index in [4.69, 9.17) is 14.9 Å². The van der Waals surface area contributed by atoms with Crippen LogP contribution in [-0.2, 0) is 0 Å². The van der Waals surface area contributed by atoms with Crippen LogP contribution in [-0.4, -0.2) is 33.4 Å². The van der Waals surface area contributed by atoms with Gasteiger partial charge in [-0.15, -0.1) is 0 Å². The molecule has 0 unspecified atom stereocenters. The zero-order chi connectivity index (χ0) is 19.8. The second-order valence-electron chi connectivity index (χ2n) is 6.88. The molecule has 0 bridgehead atoms. The number of hydrogen-bond acceptors (Lipinski definition) is 5. The van der Waals surface area contributed by atoms with Crippen molar-refractivity contribution in [2.75, 3.05) is 13.2 Å². The van der Waals surface area contributed by atoms with Crippen LogP contribution >= 0.6 is 31.9 Å². The van der Waals surface area contributed by atoms with Crippen LogP contribution in [0.25, 0.3) is 0 Å². The van der Waals surface area contributed by atoms with Crippen molar-refractivity contribution in [3.8, 4) is 11.5 Å². The van der Waals surface area contributed by atoms with E-state index >= 15 is 0 Å². The quantitative estimate of drug-likeness (QED) is 0.603. The maximum atomic E-state index is 9.01. The Morgan fingerprint density at radius 1 is 0.963 bits per heavy atom. The Morgan fingerprint density at radius 2 is 1.52 bits per heavy atom. The molecule has 2 aromatic heterocycles. The largest absolute Gasteiger partial charge is 0.506 e. The summed E-state index contributed by atoms with van der Waals surface area (Å²) in [6.07, 6.45) is 8.60. The molecule has 0 amide bonds. The van der Waals surface area contributed by atoms with Gasteiger partial charge in [-0.05, 0) is 95.4 Å². The molecular formula is C20H26Br2N2O3. The van der Waals surface area contributed by atoms with Gasteiger partial charge in [0.25, 0.3) is 0 Å². The summed E-state index contributed by atoms with van der Waals surface area (Å²) >= 11 is 6.55. The van der Waals surface area contributed by atoms with Crippen LogP contribution in [0.4, 0.5) is 0 Å². The van der Waals surface area contributed by atoms with E-state index in [0.717, 1.165) is 32.9 Å². The van der Waals surface area contributed by atoms with Gasteiger partial charge in [-0.2, -0.15) is 0 Å². The molecule has 0 atom stereocenters. The van der Waals surface area contributed by atoms with Gasteiger partial charge in [0, 0.05) is 27.9 Å². The van der Waals surface area contributed by atoms with Crippen molar-refractivity contribution < 1.29 is 14.9 Å². The van der Waals surface area contributed by atoms with E-state index < -0.39 is 0 Å². The summed E-state index contributed by atoms with van der Waals surface area (Å²) in [6.45, 7) is 4.98. The molecule has 5 nitrogen and oxygen atoms in total. The molecular weight excluding hydrogens is 476 g/mol. The highest BCUT2D eigenvalue weighted by Gasteiger charge is 2.22. The summed E-state index contributed by atoms with van der Waals surface area (Å²) in [7, 11) is 0. The van der Waals surface area contributed by atoms with Crippen LogP contribution in [0.2, 0.25) is 0 Å². The fraction of sp³-hybridized carbons (Fsp3) is 0.500. The molecule has 0 aliphatic heterocycles. The summed E-state index contributed by atoms with van der Waals surface area (Å²) < 4.78 is 7.42. The number of hydrogen-bond donors (Lipinski definition) is 2. The zero-order valence-corrected chi connectivity index (χ0v) is 18.8. The highest BCUT2D eigenvalue weighted by atomic mass is 79.9. The second kappa shape index (κ2) is 11.0. The topological polar surface area (TPSA) is 75.5 Å². The first-order valence-electron chi connectivity index (χ1n) is 9.06. The zero-order valence-electron chi connectivity index (χ0n) is 15.7. The molecule has 2 aliphatic carbocycles. The van der Waals surface area contributed by atoms with E-state index in [1.165, 1.54) is 25.7 Å². The van der Waals surface area contributed by atoms with Crippen LogP contribution in [0.5, 0.6) is 11.5 Å². The van der Waals surface area contributed by atoms with Crippen LogP contribution in [0.1, 0.15) is 37.1 Å². The number of nitrogens with zero attached hydrogens (tertiary/aromatic N) is 2. The molecule has 2 heterocycles. The molecule has 2 fully saturated rings. The average molecular weight is 502 g/mol. The van der Waals surface area contributed by atoms with Gasteiger partial charge in [0.05, 0.1) is 18.0 Å². The number of aryl methyl sites for hydroxylation is 2. The third-order valence-corrected chi connectivity index (χ3v) is 5.03. The number of aromatic nitrogens is 2. The third-order valence-electron chi connectivity index (χ3n) is 4.16. The molecule has 0 spiro atoms. The van der Waals surface area contributed by atoms with Crippen molar-refractivity contribution in [3.63, 3.8) is 0 Å². The number of ether oxygens (including phenoxy) is 1. The van der Waals surface area contributed by atoms with Gasteiger partial charge in [0.1, 0.15) is 11.5 Å². The van der Waals surface area contributed by atoms with E-state index in [0.29, 0.717) is 18.2 Å². The standard InChI is InChI=1S/C10H12BrNO.C6H6BrNO.C4H8O/c1-7-10(4-9(11)5-12-7)13-6-8-2-3-8;1-4-6(9)2-5(7)3-8-4;5-3-4-1-2-4/h4-5,8H,2-3,6H2,1H3;2-3,9H,1H3;4-5H,1-3H2. The highest BCUT2D eigenvalue weighted by Crippen LogP contribution is 2.30. The van der Waals surface area contributed by atoms with Crippen LogP contribution in [0, 0.1) is 25.7 Å². The van der Waals surface area contributed by atoms with Crippen molar-refractivity contribution in [2.24, 2.45) is 11.8 Å². The maximum Gasteiger partial charge on any atom is 0.141 e. The number of halogens is 2. The van der Waals surface area contributed by atoms with Gasteiger partial charge in [0.2, 0.25) is 0 Å². The lowest BCUT2D eigenvalue weighted by atomic mass is 10.3. The van der Waals surface area contributed by atoms with Gasteiger partial charge in [-0.25, -0.2) is 0 Å². The maximum absolute atomic E-state index is 9.01. The van der Waals surface area contributed by atoms with E-state index in [1.54, 1.807) is 25.4 Å². The first kappa shape index (κ1) is 22.1. The van der Waals surface area contributed by atoms with Crippen LogP contribution in [0.3, 0.4) is 0 Å². The van der Waals surface area contributed by atoms with Gasteiger partial charge < -0.3 is 14.9 Å². The monoisotopic (exact) mass is 500 g/mol. The molecule has 0 radical (unpaired) electrons. The Labute approximate surface area is 177 Å². The van der Waals surface area contributed by atoms with Gasteiger partial charge >= 0.3 is 0 Å². The molecule has 7 heteroatoms. The Bertz CT molecular complexity index is 735. The lowest BCUT2D eigenvalue weighted by Gasteiger charge is -2.07. The molecule has 2 saturated carbocycles. The van der Waals surface area contributed by atoms with Gasteiger partial charge in [-0.1, -0.05) is 0 Å². The van der Waals surface area contributed by atoms with Crippen molar-refractivity contribution in [2.45, 2.75) is 39.5 Å². The fourth-order valence-electron chi connectivity index (χ4n) is 1.92. The lowest BCUT2D eigenvalue weighted by Crippen LogP contribution is -2.01. The number of aliphatic hydroxyl groups is 1. The minimum Gasteiger partial charge on any atom is -0.506 e. The first-order chi connectivity index (χ1) is 12.9. The lowest BCUT2D eigenvalue weighted by molar-refractivity contribution is 0.277. The van der Waals surface area contributed by atoms with Gasteiger partial charge in [-0.3, -0.25) is 9.97 Å². The molecule has 2 aliphatic rings. The van der Waals surface area contributed by atoms with E-state index in [9.17, 15) is 0 Å². The SMILES string of the molecule is Cc1ncc(Br)cc1O.Cc1ncc(Br)cc1OCC1CC1.OCC1CC1. The Balaban J connectivity index is 0.000000161. The van der Waals surface area contributed by atoms with Crippen LogP contribution in [0.15, 0.2) is 33.5 Å².